The number of rotatable bonds is 6. The van der Waals surface area contributed by atoms with Gasteiger partial charge in [-0.05, 0) is 34.7 Å². The quantitative estimate of drug-likeness (QED) is 0.372. The second kappa shape index (κ2) is 8.22. The van der Waals surface area contributed by atoms with Gasteiger partial charge in [0.1, 0.15) is 11.5 Å². The maximum atomic E-state index is 6.21. The molecule has 0 saturated heterocycles. The molecule has 154 valence electrons. The molecule has 3 aromatic heterocycles. The molecule has 10 heteroatoms. The van der Waals surface area contributed by atoms with Crippen LogP contribution in [0, 0.1) is 3.57 Å². The van der Waals surface area contributed by atoms with Crippen LogP contribution in [0.4, 0.5) is 17.5 Å². The van der Waals surface area contributed by atoms with Crippen molar-refractivity contribution in [3.8, 4) is 28.5 Å². The van der Waals surface area contributed by atoms with E-state index in [9.17, 15) is 0 Å². The molecule has 3 N–H and O–H groups in total. The van der Waals surface area contributed by atoms with Gasteiger partial charge in [-0.2, -0.15) is 4.98 Å². The average Bonchev–Trinajstić information content (AvgIpc) is 3.15. The summed E-state index contributed by atoms with van der Waals surface area (Å²) in [6.45, 7) is 0. The van der Waals surface area contributed by atoms with Crippen molar-refractivity contribution >= 4 is 45.7 Å². The van der Waals surface area contributed by atoms with Gasteiger partial charge < -0.3 is 29.7 Å². The van der Waals surface area contributed by atoms with Gasteiger partial charge in [0, 0.05) is 40.0 Å². The van der Waals surface area contributed by atoms with Crippen LogP contribution in [0.5, 0.6) is 17.2 Å². The van der Waals surface area contributed by atoms with Crippen molar-refractivity contribution in [2.75, 3.05) is 32.4 Å². The Morgan fingerprint density at radius 2 is 1.73 bits per heavy atom. The van der Waals surface area contributed by atoms with Crippen LogP contribution in [0.3, 0.4) is 0 Å². The minimum Gasteiger partial charge on any atom is -0.493 e. The number of halogens is 1. The van der Waals surface area contributed by atoms with Crippen molar-refractivity contribution in [2.45, 2.75) is 0 Å². The third-order valence-electron chi connectivity index (χ3n) is 4.43. The highest BCUT2D eigenvalue weighted by molar-refractivity contribution is 14.1. The van der Waals surface area contributed by atoms with Crippen LogP contribution in [-0.4, -0.2) is 40.7 Å². The molecule has 0 amide bonds. The lowest BCUT2D eigenvalue weighted by Gasteiger charge is -2.14. The fraction of sp³-hybridized carbons (Fsp3) is 0.150. The first kappa shape index (κ1) is 20.0. The Morgan fingerprint density at radius 1 is 1.00 bits per heavy atom. The summed E-state index contributed by atoms with van der Waals surface area (Å²) in [6, 6.07) is 7.47. The Hall–Kier alpha value is -3.28. The van der Waals surface area contributed by atoms with E-state index in [4.69, 9.17) is 19.9 Å². The lowest BCUT2D eigenvalue weighted by atomic mass is 10.2. The number of imidazole rings is 1. The van der Waals surface area contributed by atoms with Crippen LogP contribution in [0.2, 0.25) is 0 Å². The number of nitrogens with one attached hydrogen (secondary N) is 1. The molecule has 0 unspecified atom stereocenters. The molecule has 0 saturated carbocycles. The Bertz CT molecular complexity index is 1200. The lowest BCUT2D eigenvalue weighted by molar-refractivity contribution is 0.324. The minimum absolute atomic E-state index is 0.318. The number of hydrogen-bond donors (Lipinski definition) is 2. The Balaban J connectivity index is 1.65. The summed E-state index contributed by atoms with van der Waals surface area (Å²) in [7, 11) is 4.66. The maximum absolute atomic E-state index is 6.21. The van der Waals surface area contributed by atoms with Crippen molar-refractivity contribution in [1.29, 1.82) is 0 Å². The lowest BCUT2D eigenvalue weighted by Crippen LogP contribution is -2.03. The first-order chi connectivity index (χ1) is 14.5. The average molecular weight is 518 g/mol. The van der Waals surface area contributed by atoms with Gasteiger partial charge in [0.2, 0.25) is 11.7 Å². The van der Waals surface area contributed by atoms with Crippen LogP contribution >= 0.6 is 22.6 Å². The molecule has 0 fully saturated rings. The monoisotopic (exact) mass is 518 g/mol. The van der Waals surface area contributed by atoms with Crippen LogP contribution in [0.1, 0.15) is 0 Å². The number of nitrogens with two attached hydrogens (primary N) is 1. The Kier molecular flexibility index (Phi) is 5.48. The molecular formula is C20H19IN6O3. The molecule has 0 aliphatic heterocycles. The zero-order valence-electron chi connectivity index (χ0n) is 16.5. The van der Waals surface area contributed by atoms with Gasteiger partial charge in [0.05, 0.1) is 32.6 Å². The molecule has 30 heavy (non-hydrogen) atoms. The topological polar surface area (TPSA) is 109 Å². The number of anilines is 3. The van der Waals surface area contributed by atoms with Gasteiger partial charge in [-0.15, -0.1) is 0 Å². The van der Waals surface area contributed by atoms with Gasteiger partial charge in [-0.1, -0.05) is 0 Å². The summed E-state index contributed by atoms with van der Waals surface area (Å²) >= 11 is 2.26. The van der Waals surface area contributed by atoms with Crippen molar-refractivity contribution in [1.82, 2.24) is 19.4 Å². The van der Waals surface area contributed by atoms with Gasteiger partial charge in [-0.25, -0.2) is 9.97 Å². The third kappa shape index (κ3) is 3.77. The Morgan fingerprint density at radius 3 is 2.37 bits per heavy atom. The van der Waals surface area contributed by atoms with E-state index < -0.39 is 0 Å². The smallest absolute Gasteiger partial charge is 0.229 e. The van der Waals surface area contributed by atoms with E-state index in [2.05, 4.69) is 42.9 Å². The normalized spacial score (nSPS) is 10.8. The van der Waals surface area contributed by atoms with Gasteiger partial charge in [-0.3, -0.25) is 0 Å². The molecule has 1 aromatic carbocycles. The maximum Gasteiger partial charge on any atom is 0.229 e. The van der Waals surface area contributed by atoms with Crippen molar-refractivity contribution < 1.29 is 14.2 Å². The molecular weight excluding hydrogens is 499 g/mol. The van der Waals surface area contributed by atoms with E-state index in [1.807, 2.05) is 28.9 Å². The van der Waals surface area contributed by atoms with E-state index in [0.717, 1.165) is 9.22 Å². The molecule has 4 rings (SSSR count). The molecule has 9 nitrogen and oxygen atoms in total. The number of fused-ring (bicyclic) bond motifs is 1. The van der Waals surface area contributed by atoms with Gasteiger partial charge in [0.25, 0.3) is 0 Å². The fourth-order valence-electron chi connectivity index (χ4n) is 3.03. The Labute approximate surface area is 186 Å². The summed E-state index contributed by atoms with van der Waals surface area (Å²) in [5.41, 5.74) is 9.05. The van der Waals surface area contributed by atoms with E-state index in [1.54, 1.807) is 39.7 Å². The largest absolute Gasteiger partial charge is 0.493 e. The summed E-state index contributed by atoms with van der Waals surface area (Å²) in [5.74, 6) is 2.19. The van der Waals surface area contributed by atoms with Crippen LogP contribution < -0.4 is 25.3 Å². The highest BCUT2D eigenvalue weighted by Crippen LogP contribution is 2.40. The summed E-state index contributed by atoms with van der Waals surface area (Å²) in [5, 5.41) is 3.11. The van der Waals surface area contributed by atoms with E-state index in [1.165, 1.54) is 0 Å². The summed E-state index contributed by atoms with van der Waals surface area (Å²) in [4.78, 5) is 13.4. The fourth-order valence-corrected chi connectivity index (χ4v) is 3.51. The van der Waals surface area contributed by atoms with Gasteiger partial charge in [0.15, 0.2) is 11.5 Å². The highest BCUT2D eigenvalue weighted by atomic mass is 127. The molecule has 0 aliphatic rings. The van der Waals surface area contributed by atoms with E-state index >= 15 is 0 Å². The molecule has 0 bridgehead atoms. The van der Waals surface area contributed by atoms with Crippen molar-refractivity contribution in [3.63, 3.8) is 0 Å². The first-order valence-electron chi connectivity index (χ1n) is 8.86. The number of hydrogen-bond acceptors (Lipinski definition) is 8. The van der Waals surface area contributed by atoms with E-state index in [-0.39, 0.29) is 0 Å². The number of benzene rings is 1. The number of pyridine rings is 1. The second-order valence-electron chi connectivity index (χ2n) is 6.27. The second-order valence-corrected chi connectivity index (χ2v) is 7.52. The zero-order chi connectivity index (χ0) is 21.3. The molecule has 3 heterocycles. The van der Waals surface area contributed by atoms with Crippen molar-refractivity contribution in [2.24, 2.45) is 0 Å². The molecule has 0 radical (unpaired) electrons. The number of nitrogen functional groups attached to an aromatic ring is 1. The molecule has 4 aromatic rings. The minimum atomic E-state index is 0.318. The van der Waals surface area contributed by atoms with Crippen LogP contribution in [-0.2, 0) is 0 Å². The predicted octanol–water partition coefficient (Wildman–Crippen LogP) is 3.75. The zero-order valence-corrected chi connectivity index (χ0v) is 18.7. The summed E-state index contributed by atoms with van der Waals surface area (Å²) in [6.07, 6.45) is 5.54. The molecule has 0 atom stereocenters. The first-order valence-corrected chi connectivity index (χ1v) is 9.94. The highest BCUT2D eigenvalue weighted by Gasteiger charge is 2.15. The standard InChI is InChI=1S/C20H19IN6O3/c1-28-15-6-12(7-16(29-2)18(15)30-3)24-20-23-8-13(19(22)26-20)14-10-27-9-11(21)4-5-17(27)25-14/h4-10H,1-3H3,(H3,22,23,24,26). The number of nitrogens with zero attached hydrogens (tertiary/aromatic N) is 4. The van der Waals surface area contributed by atoms with Crippen LogP contribution in [0.15, 0.2) is 42.9 Å². The summed E-state index contributed by atoms with van der Waals surface area (Å²) < 4.78 is 19.1. The molecule has 0 spiro atoms. The van der Waals surface area contributed by atoms with Gasteiger partial charge >= 0.3 is 0 Å². The predicted molar refractivity (Wildman–Crippen MR) is 123 cm³/mol. The SMILES string of the molecule is COc1cc(Nc2ncc(-c3cn4cc(I)ccc4n3)c(N)n2)cc(OC)c1OC. The van der Waals surface area contributed by atoms with Crippen LogP contribution in [0.25, 0.3) is 16.9 Å². The van der Waals surface area contributed by atoms with E-state index in [0.29, 0.717) is 46.0 Å². The number of aromatic nitrogens is 4. The third-order valence-corrected chi connectivity index (χ3v) is 5.07. The molecule has 0 aliphatic carbocycles. The number of methoxy groups -OCH3 is 3. The van der Waals surface area contributed by atoms with Crippen molar-refractivity contribution in [3.05, 3.63) is 46.4 Å². The number of ether oxygens (including phenoxy) is 3.